The minimum Gasteiger partial charge on any atom is -0.438 e. The molecule has 0 aromatic heterocycles. The van der Waals surface area contributed by atoms with Crippen LogP contribution in [0.2, 0.25) is 0 Å². The Balaban J connectivity index is 1.52. The van der Waals surface area contributed by atoms with Crippen molar-refractivity contribution in [3.8, 4) is 11.1 Å². The van der Waals surface area contributed by atoms with Crippen LogP contribution >= 0.6 is 0 Å². The standard InChI is InChI=1S/C28H27F3N2O5S/c1-18(19-3-5-20(6-4-19)24-12-11-23(30)17-25(24)31)33-16-15-28(38-27(33)35,21-7-9-22(29)10-8-21)14-13-26(34)32-39(2,36)37/h3-12,17-18H,13-16H2,1-2H3,(H,32,34)/t18-,28+/m0/s1. The van der Waals surface area contributed by atoms with Crippen molar-refractivity contribution in [1.29, 1.82) is 0 Å². The van der Waals surface area contributed by atoms with E-state index in [4.69, 9.17) is 4.74 Å². The molecule has 1 saturated heterocycles. The van der Waals surface area contributed by atoms with E-state index >= 15 is 0 Å². The highest BCUT2D eigenvalue weighted by Gasteiger charge is 2.43. The molecule has 39 heavy (non-hydrogen) atoms. The molecule has 4 rings (SSSR count). The van der Waals surface area contributed by atoms with Crippen LogP contribution in [0.1, 0.15) is 43.4 Å². The molecule has 3 aromatic carbocycles. The monoisotopic (exact) mass is 560 g/mol. The number of amides is 2. The Bertz CT molecular complexity index is 1480. The molecule has 1 N–H and O–H groups in total. The summed E-state index contributed by atoms with van der Waals surface area (Å²) in [6, 6.07) is 15.2. The van der Waals surface area contributed by atoms with E-state index in [2.05, 4.69) is 0 Å². The Labute approximate surface area is 224 Å². The highest BCUT2D eigenvalue weighted by molar-refractivity contribution is 7.89. The van der Waals surface area contributed by atoms with Crippen molar-refractivity contribution < 1.29 is 35.9 Å². The summed E-state index contributed by atoms with van der Waals surface area (Å²) >= 11 is 0. The van der Waals surface area contributed by atoms with Crippen LogP contribution in [0.25, 0.3) is 11.1 Å². The van der Waals surface area contributed by atoms with Gasteiger partial charge in [0, 0.05) is 37.4 Å². The molecule has 2 amide bonds. The van der Waals surface area contributed by atoms with Gasteiger partial charge in [-0.15, -0.1) is 0 Å². The van der Waals surface area contributed by atoms with E-state index in [1.165, 1.54) is 41.3 Å². The number of hydrogen-bond donors (Lipinski definition) is 1. The van der Waals surface area contributed by atoms with Crippen molar-refractivity contribution in [3.63, 3.8) is 0 Å². The summed E-state index contributed by atoms with van der Waals surface area (Å²) in [5, 5.41) is 0. The maximum absolute atomic E-state index is 14.2. The first kappa shape index (κ1) is 28.2. The zero-order valence-electron chi connectivity index (χ0n) is 21.3. The van der Waals surface area contributed by atoms with Crippen molar-refractivity contribution in [2.24, 2.45) is 0 Å². The second-order valence-electron chi connectivity index (χ2n) is 9.53. The van der Waals surface area contributed by atoms with E-state index in [1.807, 2.05) is 4.72 Å². The number of carbonyl (C=O) groups is 2. The third-order valence-corrected chi connectivity index (χ3v) is 7.40. The third kappa shape index (κ3) is 6.59. The Hall–Kier alpha value is -3.86. The summed E-state index contributed by atoms with van der Waals surface area (Å²) in [6.07, 6.45) is 0.221. The van der Waals surface area contributed by atoms with Gasteiger partial charge in [-0.25, -0.2) is 26.4 Å². The predicted octanol–water partition coefficient (Wildman–Crippen LogP) is 5.43. The Morgan fingerprint density at radius 3 is 2.26 bits per heavy atom. The molecule has 11 heteroatoms. The number of sulfonamides is 1. The van der Waals surface area contributed by atoms with Gasteiger partial charge in [-0.2, -0.15) is 0 Å². The van der Waals surface area contributed by atoms with E-state index in [-0.39, 0.29) is 31.4 Å². The summed E-state index contributed by atoms with van der Waals surface area (Å²) in [6.45, 7) is 2.04. The van der Waals surface area contributed by atoms with Crippen molar-refractivity contribution in [2.75, 3.05) is 12.8 Å². The second-order valence-corrected chi connectivity index (χ2v) is 11.3. The molecule has 0 radical (unpaired) electrons. The number of benzene rings is 3. The lowest BCUT2D eigenvalue weighted by Gasteiger charge is -2.43. The van der Waals surface area contributed by atoms with Crippen LogP contribution in [-0.2, 0) is 25.2 Å². The van der Waals surface area contributed by atoms with E-state index < -0.39 is 51.1 Å². The first-order chi connectivity index (χ1) is 18.4. The number of nitrogens with one attached hydrogen (secondary N) is 1. The SMILES string of the molecule is C[C@@H](c1ccc(-c2ccc(F)cc2F)cc1)N1CC[C@](CCC(=O)NS(C)(=O)=O)(c2ccc(F)cc2)OC1=O. The lowest BCUT2D eigenvalue weighted by molar-refractivity contribution is -0.122. The molecule has 3 aromatic rings. The molecule has 0 unspecified atom stereocenters. The minimum atomic E-state index is -3.76. The molecule has 0 aliphatic carbocycles. The van der Waals surface area contributed by atoms with Crippen LogP contribution in [0.4, 0.5) is 18.0 Å². The fraction of sp³-hybridized carbons (Fsp3) is 0.286. The summed E-state index contributed by atoms with van der Waals surface area (Å²) in [5.41, 5.74) is 0.770. The lowest BCUT2D eigenvalue weighted by Crippen LogP contribution is -2.49. The molecule has 206 valence electrons. The molecular weight excluding hydrogens is 533 g/mol. The van der Waals surface area contributed by atoms with Crippen LogP contribution in [0, 0.1) is 17.5 Å². The number of hydrogen-bond acceptors (Lipinski definition) is 5. The van der Waals surface area contributed by atoms with Gasteiger partial charge < -0.3 is 9.64 Å². The summed E-state index contributed by atoms with van der Waals surface area (Å²) in [4.78, 5) is 26.9. The molecule has 1 aliphatic heterocycles. The first-order valence-corrected chi connectivity index (χ1v) is 14.1. The van der Waals surface area contributed by atoms with Crippen molar-refractivity contribution >= 4 is 22.0 Å². The molecule has 1 heterocycles. The van der Waals surface area contributed by atoms with Gasteiger partial charge in [0.1, 0.15) is 23.1 Å². The quantitative estimate of drug-likeness (QED) is 0.397. The molecular formula is C28H27F3N2O5S. The predicted molar refractivity (Wildman–Crippen MR) is 138 cm³/mol. The van der Waals surface area contributed by atoms with Crippen LogP contribution in [0.15, 0.2) is 66.7 Å². The number of rotatable bonds is 8. The average Bonchev–Trinajstić information content (AvgIpc) is 2.87. The third-order valence-electron chi connectivity index (χ3n) is 6.80. The first-order valence-electron chi connectivity index (χ1n) is 12.2. The molecule has 0 spiro atoms. The van der Waals surface area contributed by atoms with Gasteiger partial charge in [0.15, 0.2) is 0 Å². The van der Waals surface area contributed by atoms with Crippen LogP contribution in [0.5, 0.6) is 0 Å². The highest BCUT2D eigenvalue weighted by Crippen LogP contribution is 2.40. The van der Waals surface area contributed by atoms with Gasteiger partial charge in [-0.3, -0.25) is 9.52 Å². The fourth-order valence-corrected chi connectivity index (χ4v) is 5.23. The van der Waals surface area contributed by atoms with Crippen molar-refractivity contribution in [1.82, 2.24) is 9.62 Å². The Morgan fingerprint density at radius 2 is 1.67 bits per heavy atom. The van der Waals surface area contributed by atoms with Crippen LogP contribution < -0.4 is 4.72 Å². The summed E-state index contributed by atoms with van der Waals surface area (Å²) < 4.78 is 71.7. The molecule has 1 aliphatic rings. The Kier molecular flexibility index (Phi) is 8.01. The smallest absolute Gasteiger partial charge is 0.411 e. The molecule has 1 fully saturated rings. The zero-order valence-corrected chi connectivity index (χ0v) is 22.1. The minimum absolute atomic E-state index is 0.00806. The van der Waals surface area contributed by atoms with Crippen LogP contribution in [-0.4, -0.2) is 38.1 Å². The van der Waals surface area contributed by atoms with Gasteiger partial charge >= 0.3 is 6.09 Å². The van der Waals surface area contributed by atoms with Gasteiger partial charge in [0.2, 0.25) is 15.9 Å². The summed E-state index contributed by atoms with van der Waals surface area (Å²) in [5.74, 6) is -2.58. The van der Waals surface area contributed by atoms with E-state index in [1.54, 1.807) is 31.2 Å². The van der Waals surface area contributed by atoms with E-state index in [0.717, 1.165) is 17.9 Å². The number of cyclic esters (lactones) is 1. The van der Waals surface area contributed by atoms with Gasteiger partial charge in [-0.1, -0.05) is 36.4 Å². The highest BCUT2D eigenvalue weighted by atomic mass is 32.2. The zero-order chi connectivity index (χ0) is 28.4. The number of halogens is 3. The molecule has 0 saturated carbocycles. The molecule has 7 nitrogen and oxygen atoms in total. The number of carbonyl (C=O) groups excluding carboxylic acids is 2. The average molecular weight is 561 g/mol. The van der Waals surface area contributed by atoms with Gasteiger partial charge in [0.05, 0.1) is 12.3 Å². The summed E-state index contributed by atoms with van der Waals surface area (Å²) in [7, 11) is -3.76. The molecule has 0 bridgehead atoms. The van der Waals surface area contributed by atoms with Gasteiger partial charge in [-0.05, 0) is 47.9 Å². The molecule has 2 atom stereocenters. The maximum Gasteiger partial charge on any atom is 0.411 e. The topological polar surface area (TPSA) is 92.8 Å². The second kappa shape index (κ2) is 11.1. The Morgan fingerprint density at radius 1 is 1.03 bits per heavy atom. The maximum atomic E-state index is 14.2. The fourth-order valence-electron chi connectivity index (χ4n) is 4.72. The normalized spacial score (nSPS) is 18.4. The largest absolute Gasteiger partial charge is 0.438 e. The van der Waals surface area contributed by atoms with Crippen LogP contribution in [0.3, 0.4) is 0 Å². The van der Waals surface area contributed by atoms with Crippen molar-refractivity contribution in [3.05, 3.63) is 95.3 Å². The van der Waals surface area contributed by atoms with Gasteiger partial charge in [0.25, 0.3) is 0 Å². The van der Waals surface area contributed by atoms with E-state index in [0.29, 0.717) is 11.1 Å². The number of nitrogens with zero attached hydrogens (tertiary/aromatic N) is 1. The lowest BCUT2D eigenvalue weighted by atomic mass is 9.84. The van der Waals surface area contributed by atoms with Crippen molar-refractivity contribution in [2.45, 2.75) is 37.8 Å². The number of ether oxygens (including phenoxy) is 1. The van der Waals surface area contributed by atoms with E-state index in [9.17, 15) is 31.2 Å².